The Labute approximate surface area is 196 Å². The third-order valence-electron chi connectivity index (χ3n) is 6.97. The van der Waals surface area contributed by atoms with E-state index in [-0.39, 0.29) is 16.7 Å². The highest BCUT2D eigenvalue weighted by Gasteiger charge is 2.34. The normalized spacial score (nSPS) is 16.8. The Balaban J connectivity index is 1.76. The van der Waals surface area contributed by atoms with Crippen molar-refractivity contribution in [3.05, 3.63) is 57.5 Å². The zero-order chi connectivity index (χ0) is 23.7. The van der Waals surface area contributed by atoms with Crippen molar-refractivity contribution < 1.29 is 9.59 Å². The number of rotatable bonds is 6. The summed E-state index contributed by atoms with van der Waals surface area (Å²) in [5.41, 5.74) is 9.79. The maximum absolute atomic E-state index is 12.6. The first-order valence-corrected chi connectivity index (χ1v) is 12.3. The molecule has 1 aromatic heterocycles. The summed E-state index contributed by atoms with van der Waals surface area (Å²) < 4.78 is 0. The Morgan fingerprint density at radius 3 is 2.38 bits per heavy atom. The maximum atomic E-state index is 12.6. The van der Waals surface area contributed by atoms with Gasteiger partial charge in [0, 0.05) is 11.0 Å². The second-order valence-corrected chi connectivity index (χ2v) is 11.7. The van der Waals surface area contributed by atoms with E-state index in [9.17, 15) is 9.59 Å². The van der Waals surface area contributed by atoms with E-state index < -0.39 is 5.91 Å². The topological polar surface area (TPSA) is 72.2 Å². The van der Waals surface area contributed by atoms with Crippen molar-refractivity contribution in [3.8, 4) is 0 Å². The molecule has 0 fully saturated rings. The second kappa shape index (κ2) is 9.22. The van der Waals surface area contributed by atoms with Crippen molar-refractivity contribution in [1.82, 2.24) is 0 Å². The molecule has 5 heteroatoms. The molecule has 1 aliphatic carbocycles. The molecule has 0 radical (unpaired) electrons. The Morgan fingerprint density at radius 1 is 1.16 bits per heavy atom. The van der Waals surface area contributed by atoms with Gasteiger partial charge < -0.3 is 11.1 Å². The number of primary amides is 1. The monoisotopic (exact) mass is 452 g/mol. The summed E-state index contributed by atoms with van der Waals surface area (Å²) in [6.45, 7) is 13.4. The lowest BCUT2D eigenvalue weighted by Gasteiger charge is -2.36. The third-order valence-corrected chi connectivity index (χ3v) is 8.14. The molecule has 1 unspecified atom stereocenters. The Morgan fingerprint density at radius 2 is 1.81 bits per heavy atom. The number of benzene rings is 1. The molecule has 1 aliphatic rings. The highest BCUT2D eigenvalue weighted by molar-refractivity contribution is 7.17. The largest absolute Gasteiger partial charge is 0.365 e. The van der Waals surface area contributed by atoms with Gasteiger partial charge in [0.15, 0.2) is 0 Å². The number of carbonyl (C=O) groups is 2. The second-order valence-electron chi connectivity index (χ2n) is 10.5. The van der Waals surface area contributed by atoms with Crippen molar-refractivity contribution in [1.29, 1.82) is 0 Å². The van der Waals surface area contributed by atoms with Crippen LogP contribution in [0.5, 0.6) is 0 Å². The average molecular weight is 453 g/mol. The van der Waals surface area contributed by atoms with Crippen molar-refractivity contribution >= 4 is 34.2 Å². The number of hydrogen-bond acceptors (Lipinski definition) is 3. The van der Waals surface area contributed by atoms with Gasteiger partial charge in [-0.2, -0.15) is 0 Å². The van der Waals surface area contributed by atoms with Crippen LogP contribution in [-0.2, 0) is 23.1 Å². The van der Waals surface area contributed by atoms with E-state index >= 15 is 0 Å². The van der Waals surface area contributed by atoms with Gasteiger partial charge in [0.1, 0.15) is 5.00 Å². The van der Waals surface area contributed by atoms with Crippen LogP contribution < -0.4 is 11.1 Å². The molecule has 3 rings (SSSR count). The van der Waals surface area contributed by atoms with Gasteiger partial charge >= 0.3 is 0 Å². The number of anilines is 1. The number of fused-ring (bicyclic) bond motifs is 1. The minimum atomic E-state index is -0.465. The van der Waals surface area contributed by atoms with Crippen molar-refractivity contribution in [2.75, 3.05) is 5.32 Å². The predicted molar refractivity (Wildman–Crippen MR) is 135 cm³/mol. The smallest absolute Gasteiger partial charge is 0.251 e. The molecule has 2 aromatic rings. The van der Waals surface area contributed by atoms with Crippen LogP contribution in [-0.4, -0.2) is 11.8 Å². The minimum absolute atomic E-state index is 0.0917. The lowest BCUT2D eigenvalue weighted by Crippen LogP contribution is -2.29. The molecule has 0 aliphatic heterocycles. The number of thiophene rings is 1. The predicted octanol–water partition coefficient (Wildman–Crippen LogP) is 6.34. The molecule has 3 N–H and O–H groups in total. The Kier molecular flexibility index (Phi) is 6.99. The maximum Gasteiger partial charge on any atom is 0.251 e. The fraction of sp³-hybridized carbons (Fsp3) is 0.481. The van der Waals surface area contributed by atoms with E-state index in [4.69, 9.17) is 5.73 Å². The summed E-state index contributed by atoms with van der Waals surface area (Å²) in [6.07, 6.45) is 7.24. The highest BCUT2D eigenvalue weighted by Crippen LogP contribution is 2.45. The van der Waals surface area contributed by atoms with E-state index in [2.05, 4.69) is 59.0 Å². The zero-order valence-electron chi connectivity index (χ0n) is 20.2. The van der Waals surface area contributed by atoms with Crippen LogP contribution in [0.3, 0.4) is 0 Å². The fourth-order valence-electron chi connectivity index (χ4n) is 4.31. The highest BCUT2D eigenvalue weighted by atomic mass is 32.1. The average Bonchev–Trinajstić information content (AvgIpc) is 3.09. The van der Waals surface area contributed by atoms with Gasteiger partial charge in [0.25, 0.3) is 5.91 Å². The van der Waals surface area contributed by atoms with Crippen LogP contribution in [0.2, 0.25) is 0 Å². The number of nitrogens with two attached hydrogens (primary N) is 1. The van der Waals surface area contributed by atoms with Gasteiger partial charge in [0.2, 0.25) is 5.91 Å². The van der Waals surface area contributed by atoms with Crippen molar-refractivity contribution in [3.63, 3.8) is 0 Å². The molecule has 4 nitrogen and oxygen atoms in total. The molecular weight excluding hydrogens is 416 g/mol. The number of nitrogens with one attached hydrogen (secondary N) is 1. The molecule has 0 saturated carbocycles. The Bertz CT molecular complexity index is 1020. The molecule has 0 bridgehead atoms. The van der Waals surface area contributed by atoms with Gasteiger partial charge in [-0.25, -0.2) is 0 Å². The first kappa shape index (κ1) is 24.2. The summed E-state index contributed by atoms with van der Waals surface area (Å²) in [5, 5.41) is 3.49. The van der Waals surface area contributed by atoms with Crippen molar-refractivity contribution in [2.45, 2.75) is 72.6 Å². The minimum Gasteiger partial charge on any atom is -0.365 e. The van der Waals surface area contributed by atoms with E-state index in [1.165, 1.54) is 27.9 Å². The summed E-state index contributed by atoms with van der Waals surface area (Å²) in [7, 11) is 0. The van der Waals surface area contributed by atoms with Crippen LogP contribution in [0, 0.1) is 11.3 Å². The van der Waals surface area contributed by atoms with Crippen LogP contribution in [0.1, 0.15) is 86.3 Å². The molecule has 32 heavy (non-hydrogen) atoms. The molecular formula is C27H36N2O2S. The van der Waals surface area contributed by atoms with Crippen LogP contribution in [0.15, 0.2) is 30.3 Å². The van der Waals surface area contributed by atoms with E-state index in [0.29, 0.717) is 16.5 Å². The first-order chi connectivity index (χ1) is 14.9. The zero-order valence-corrected chi connectivity index (χ0v) is 21.0. The van der Waals surface area contributed by atoms with Gasteiger partial charge in [-0.15, -0.1) is 11.3 Å². The van der Waals surface area contributed by atoms with Crippen LogP contribution >= 0.6 is 11.3 Å². The summed E-state index contributed by atoms with van der Waals surface area (Å²) in [6, 6.07) is 8.20. The van der Waals surface area contributed by atoms with E-state index in [0.717, 1.165) is 36.8 Å². The van der Waals surface area contributed by atoms with E-state index in [1.54, 1.807) is 6.08 Å². The first-order valence-electron chi connectivity index (χ1n) is 11.5. The molecule has 1 atom stereocenters. The summed E-state index contributed by atoms with van der Waals surface area (Å²) in [5.74, 6) is -0.150. The van der Waals surface area contributed by atoms with Crippen molar-refractivity contribution in [2.24, 2.45) is 17.1 Å². The molecule has 0 spiro atoms. The lowest BCUT2D eigenvalue weighted by atomic mass is 9.69. The standard InChI is InChI=1S/C27H36N2O2S/c1-7-27(5,6)19-13-14-20-21(16-19)32-25(23(20)24(28)31)29-22(30)15-10-17-8-11-18(12-9-17)26(2,3)4/h8-12,15,19H,7,13-14,16H2,1-6H3,(H2,28,31)(H,29,30)/b15-10+. The van der Waals surface area contributed by atoms with Gasteiger partial charge in [-0.1, -0.05) is 72.2 Å². The molecule has 2 amide bonds. The number of amides is 2. The van der Waals surface area contributed by atoms with E-state index in [1.807, 2.05) is 12.1 Å². The molecule has 0 saturated heterocycles. The summed E-state index contributed by atoms with van der Waals surface area (Å²) >= 11 is 1.51. The fourth-order valence-corrected chi connectivity index (χ4v) is 5.65. The van der Waals surface area contributed by atoms with Gasteiger partial charge in [0.05, 0.1) is 5.56 Å². The van der Waals surface area contributed by atoms with Gasteiger partial charge in [-0.05, 0) is 58.8 Å². The number of hydrogen-bond donors (Lipinski definition) is 2. The summed E-state index contributed by atoms with van der Waals surface area (Å²) in [4.78, 5) is 26.0. The SMILES string of the molecule is CCC(C)(C)C1CCc2c(sc(NC(=O)/C=C/c3ccc(C(C)(C)C)cc3)c2C(N)=O)C1. The molecule has 1 aromatic carbocycles. The van der Waals surface area contributed by atoms with Crippen LogP contribution in [0.4, 0.5) is 5.00 Å². The molecule has 1 heterocycles. The van der Waals surface area contributed by atoms with Gasteiger partial charge in [-0.3, -0.25) is 9.59 Å². The van der Waals surface area contributed by atoms with Crippen LogP contribution in [0.25, 0.3) is 6.08 Å². The Hall–Kier alpha value is -2.40. The quantitative estimate of drug-likeness (QED) is 0.502. The number of carbonyl (C=O) groups excluding carboxylic acids is 2. The molecule has 172 valence electrons. The third kappa shape index (κ3) is 5.32. The lowest BCUT2D eigenvalue weighted by molar-refractivity contribution is -0.111.